The van der Waals surface area contributed by atoms with Crippen LogP contribution in [0.25, 0.3) is 0 Å². The fraction of sp³-hybridized carbons (Fsp3) is 1.00. The quantitative estimate of drug-likeness (QED) is 0.655. The van der Waals surface area contributed by atoms with Gasteiger partial charge in [-0.2, -0.15) is 0 Å². The van der Waals surface area contributed by atoms with Gasteiger partial charge in [0.1, 0.15) is 0 Å². The minimum absolute atomic E-state index is 0.662. The van der Waals surface area contributed by atoms with E-state index in [0.29, 0.717) is 12.1 Å². The molecule has 0 aromatic rings. The molecule has 0 heterocycles. The summed E-state index contributed by atoms with van der Waals surface area (Å²) in [5.74, 6) is 0. The van der Waals surface area contributed by atoms with Gasteiger partial charge in [0.2, 0.25) is 0 Å². The van der Waals surface area contributed by atoms with E-state index in [2.05, 4.69) is 45.1 Å². The summed E-state index contributed by atoms with van der Waals surface area (Å²) in [6.45, 7) is 7.79. The van der Waals surface area contributed by atoms with Crippen molar-refractivity contribution >= 4 is 0 Å². The first-order valence-electron chi connectivity index (χ1n) is 5.57. The predicted octanol–water partition coefficient (Wildman–Crippen LogP) is 2.10. The second-order valence-electron chi connectivity index (χ2n) is 3.89. The van der Waals surface area contributed by atoms with Crippen LogP contribution in [0.5, 0.6) is 0 Å². The molecule has 2 heteroatoms. The maximum absolute atomic E-state index is 3.57. The van der Waals surface area contributed by atoms with E-state index < -0.39 is 0 Å². The molecular weight excluding hydrogens is 160 g/mol. The molecule has 2 atom stereocenters. The van der Waals surface area contributed by atoms with Crippen molar-refractivity contribution < 1.29 is 0 Å². The molecular formula is C11H26N2. The summed E-state index contributed by atoms with van der Waals surface area (Å²) in [4.78, 5) is 2.34. The van der Waals surface area contributed by atoms with Crippen LogP contribution in [-0.2, 0) is 0 Å². The Bertz CT molecular complexity index is 107. The van der Waals surface area contributed by atoms with Crippen LogP contribution in [0.4, 0.5) is 0 Å². The van der Waals surface area contributed by atoms with E-state index in [1.807, 2.05) is 0 Å². The zero-order valence-corrected chi connectivity index (χ0v) is 9.93. The largest absolute Gasteiger partial charge is 0.313 e. The molecule has 0 aliphatic heterocycles. The number of nitrogens with one attached hydrogen (secondary N) is 1. The van der Waals surface area contributed by atoms with Gasteiger partial charge in [-0.1, -0.05) is 27.2 Å². The standard InChI is InChI=1S/C11H26N2/c1-6-9-10(12-8-3)11(7-2)13(4)5/h10-12H,6-9H2,1-5H3. The Morgan fingerprint density at radius 3 is 2.08 bits per heavy atom. The molecule has 1 N–H and O–H groups in total. The molecule has 2 unspecified atom stereocenters. The van der Waals surface area contributed by atoms with Gasteiger partial charge in [-0.25, -0.2) is 0 Å². The van der Waals surface area contributed by atoms with Crippen LogP contribution in [-0.4, -0.2) is 37.6 Å². The number of likely N-dealkylation sites (N-methyl/N-ethyl adjacent to an activating group) is 2. The topological polar surface area (TPSA) is 15.3 Å². The number of nitrogens with zero attached hydrogens (tertiary/aromatic N) is 1. The van der Waals surface area contributed by atoms with Crippen LogP contribution < -0.4 is 5.32 Å². The van der Waals surface area contributed by atoms with Gasteiger partial charge >= 0.3 is 0 Å². The summed E-state index contributed by atoms with van der Waals surface area (Å²) in [7, 11) is 4.35. The Morgan fingerprint density at radius 1 is 1.15 bits per heavy atom. The van der Waals surface area contributed by atoms with Gasteiger partial charge in [0.25, 0.3) is 0 Å². The first-order chi connectivity index (χ1) is 6.17. The summed E-state index contributed by atoms with van der Waals surface area (Å²) in [5, 5.41) is 3.57. The van der Waals surface area contributed by atoms with Gasteiger partial charge in [0.15, 0.2) is 0 Å². The van der Waals surface area contributed by atoms with Crippen molar-refractivity contribution in [3.63, 3.8) is 0 Å². The minimum Gasteiger partial charge on any atom is -0.313 e. The third-order valence-electron chi connectivity index (χ3n) is 2.61. The lowest BCUT2D eigenvalue weighted by Gasteiger charge is -2.32. The fourth-order valence-electron chi connectivity index (χ4n) is 2.01. The smallest absolute Gasteiger partial charge is 0.0240 e. The van der Waals surface area contributed by atoms with Gasteiger partial charge in [-0.15, -0.1) is 0 Å². The van der Waals surface area contributed by atoms with Crippen LogP contribution in [0, 0.1) is 0 Å². The van der Waals surface area contributed by atoms with Crippen molar-refractivity contribution in [2.45, 2.75) is 52.1 Å². The van der Waals surface area contributed by atoms with Gasteiger partial charge in [-0.05, 0) is 33.5 Å². The van der Waals surface area contributed by atoms with E-state index in [9.17, 15) is 0 Å². The Hall–Kier alpha value is -0.0800. The van der Waals surface area contributed by atoms with Crippen LogP contribution >= 0.6 is 0 Å². The molecule has 0 aromatic carbocycles. The summed E-state index contributed by atoms with van der Waals surface area (Å²) in [6, 6.07) is 1.34. The van der Waals surface area contributed by atoms with Crippen LogP contribution in [0.3, 0.4) is 0 Å². The van der Waals surface area contributed by atoms with Crippen molar-refractivity contribution in [2.75, 3.05) is 20.6 Å². The molecule has 80 valence electrons. The molecule has 0 saturated carbocycles. The van der Waals surface area contributed by atoms with E-state index in [4.69, 9.17) is 0 Å². The molecule has 0 radical (unpaired) electrons. The molecule has 0 fully saturated rings. The molecule has 13 heavy (non-hydrogen) atoms. The second kappa shape index (κ2) is 7.34. The van der Waals surface area contributed by atoms with Crippen molar-refractivity contribution in [2.24, 2.45) is 0 Å². The molecule has 0 amide bonds. The zero-order chi connectivity index (χ0) is 10.3. The van der Waals surface area contributed by atoms with Gasteiger partial charge in [0, 0.05) is 12.1 Å². The zero-order valence-electron chi connectivity index (χ0n) is 9.93. The summed E-state index contributed by atoms with van der Waals surface area (Å²) >= 11 is 0. The van der Waals surface area contributed by atoms with Gasteiger partial charge < -0.3 is 10.2 Å². The Morgan fingerprint density at radius 2 is 1.77 bits per heavy atom. The minimum atomic E-state index is 0.662. The number of hydrogen-bond acceptors (Lipinski definition) is 2. The predicted molar refractivity (Wildman–Crippen MR) is 60.1 cm³/mol. The van der Waals surface area contributed by atoms with E-state index >= 15 is 0 Å². The number of hydrogen-bond donors (Lipinski definition) is 1. The maximum Gasteiger partial charge on any atom is 0.0240 e. The molecule has 0 bridgehead atoms. The third kappa shape index (κ3) is 4.63. The summed E-state index contributed by atoms with van der Waals surface area (Å²) in [5.41, 5.74) is 0. The Labute approximate surface area is 83.7 Å². The molecule has 0 saturated heterocycles. The highest BCUT2D eigenvalue weighted by Gasteiger charge is 2.19. The highest BCUT2D eigenvalue weighted by atomic mass is 15.1. The summed E-state index contributed by atoms with van der Waals surface area (Å²) < 4.78 is 0. The van der Waals surface area contributed by atoms with Crippen molar-refractivity contribution in [3.05, 3.63) is 0 Å². The monoisotopic (exact) mass is 186 g/mol. The van der Waals surface area contributed by atoms with E-state index in [-0.39, 0.29) is 0 Å². The highest BCUT2D eigenvalue weighted by molar-refractivity contribution is 4.80. The Kier molecular flexibility index (Phi) is 7.29. The van der Waals surface area contributed by atoms with Crippen LogP contribution in [0.1, 0.15) is 40.0 Å². The van der Waals surface area contributed by atoms with Crippen LogP contribution in [0.15, 0.2) is 0 Å². The van der Waals surface area contributed by atoms with Gasteiger partial charge in [0.05, 0.1) is 0 Å². The SMILES string of the molecule is CCCC(NCC)C(CC)N(C)C. The molecule has 0 aromatic heterocycles. The second-order valence-corrected chi connectivity index (χ2v) is 3.89. The van der Waals surface area contributed by atoms with Crippen molar-refractivity contribution in [1.29, 1.82) is 0 Å². The first-order valence-corrected chi connectivity index (χ1v) is 5.57. The number of rotatable bonds is 7. The third-order valence-corrected chi connectivity index (χ3v) is 2.61. The molecule has 0 aliphatic carbocycles. The lowest BCUT2D eigenvalue weighted by atomic mass is 10.00. The Balaban J connectivity index is 4.11. The van der Waals surface area contributed by atoms with E-state index in [1.54, 1.807) is 0 Å². The average Bonchev–Trinajstić information content (AvgIpc) is 2.05. The molecule has 2 nitrogen and oxygen atoms in total. The molecule has 0 rings (SSSR count). The van der Waals surface area contributed by atoms with E-state index in [0.717, 1.165) is 6.54 Å². The normalized spacial score (nSPS) is 16.2. The van der Waals surface area contributed by atoms with Crippen molar-refractivity contribution in [3.8, 4) is 0 Å². The van der Waals surface area contributed by atoms with Crippen LogP contribution in [0.2, 0.25) is 0 Å². The molecule has 0 aliphatic rings. The van der Waals surface area contributed by atoms with E-state index in [1.165, 1.54) is 19.3 Å². The lowest BCUT2D eigenvalue weighted by Crippen LogP contribution is -2.46. The maximum atomic E-state index is 3.57. The summed E-state index contributed by atoms with van der Waals surface area (Å²) in [6.07, 6.45) is 3.78. The average molecular weight is 186 g/mol. The molecule has 0 spiro atoms. The van der Waals surface area contributed by atoms with Gasteiger partial charge in [-0.3, -0.25) is 0 Å². The lowest BCUT2D eigenvalue weighted by molar-refractivity contribution is 0.214. The highest BCUT2D eigenvalue weighted by Crippen LogP contribution is 2.10. The van der Waals surface area contributed by atoms with Crippen molar-refractivity contribution in [1.82, 2.24) is 10.2 Å². The fourth-order valence-corrected chi connectivity index (χ4v) is 2.01. The first kappa shape index (κ1) is 12.9.